The zero-order valence-corrected chi connectivity index (χ0v) is 10.4. The van der Waals surface area contributed by atoms with Crippen LogP contribution < -0.4 is 0 Å². The molecule has 0 aliphatic carbocycles. The highest BCUT2D eigenvalue weighted by atomic mass is 32.2. The summed E-state index contributed by atoms with van der Waals surface area (Å²) in [5.74, 6) is 1.16. The van der Waals surface area contributed by atoms with Crippen LogP contribution in [0.1, 0.15) is 31.2 Å². The van der Waals surface area contributed by atoms with E-state index >= 15 is 0 Å². The van der Waals surface area contributed by atoms with E-state index in [2.05, 4.69) is 18.8 Å². The molecule has 2 heterocycles. The number of carbonyl (C=O) groups is 1. The number of carbonyl (C=O) groups excluding carboxylic acids is 1. The van der Waals surface area contributed by atoms with Crippen molar-refractivity contribution in [2.75, 3.05) is 5.75 Å². The zero-order chi connectivity index (χ0) is 11.5. The third-order valence-corrected chi connectivity index (χ3v) is 3.91. The van der Waals surface area contributed by atoms with Crippen LogP contribution in [0.3, 0.4) is 0 Å². The van der Waals surface area contributed by atoms with E-state index in [1.807, 2.05) is 35.0 Å². The summed E-state index contributed by atoms with van der Waals surface area (Å²) in [6.45, 7) is 4.13. The highest BCUT2D eigenvalue weighted by Crippen LogP contribution is 2.37. The number of thioether (sulfide) groups is 1. The minimum atomic E-state index is 0.134. The lowest BCUT2D eigenvalue weighted by Crippen LogP contribution is -2.41. The maximum Gasteiger partial charge on any atom is 0.224 e. The molecule has 4 heteroatoms. The van der Waals surface area contributed by atoms with Crippen molar-refractivity contribution in [3.05, 3.63) is 30.1 Å². The first-order valence-electron chi connectivity index (χ1n) is 5.53. The number of aromatic nitrogens is 1. The van der Waals surface area contributed by atoms with Crippen molar-refractivity contribution in [2.45, 2.75) is 31.7 Å². The Morgan fingerprint density at radius 2 is 2.38 bits per heavy atom. The van der Waals surface area contributed by atoms with E-state index in [4.69, 9.17) is 0 Å². The Kier molecular flexibility index (Phi) is 3.49. The Labute approximate surface area is 100 Å². The van der Waals surface area contributed by atoms with Crippen LogP contribution in [-0.2, 0) is 4.79 Å². The van der Waals surface area contributed by atoms with Gasteiger partial charge in [0.25, 0.3) is 0 Å². The summed E-state index contributed by atoms with van der Waals surface area (Å²) in [6, 6.07) is 4.21. The number of pyridine rings is 1. The van der Waals surface area contributed by atoms with Crippen LogP contribution in [-0.4, -0.2) is 27.6 Å². The summed E-state index contributed by atoms with van der Waals surface area (Å²) in [7, 11) is 0. The third-order valence-electron chi connectivity index (χ3n) is 2.66. The van der Waals surface area contributed by atoms with Gasteiger partial charge in [-0.05, 0) is 19.9 Å². The molecule has 0 bridgehead atoms. The SMILES string of the molecule is CC(C)N1C(=O)CCSC1c1cccnc1. The molecule has 2 rings (SSSR count). The Hall–Kier alpha value is -1.03. The average Bonchev–Trinajstić information content (AvgIpc) is 2.29. The summed E-state index contributed by atoms with van der Waals surface area (Å²) >= 11 is 1.82. The number of hydrogen-bond acceptors (Lipinski definition) is 3. The first-order valence-corrected chi connectivity index (χ1v) is 6.57. The molecule has 1 saturated heterocycles. The summed E-state index contributed by atoms with van der Waals surface area (Å²) in [4.78, 5) is 18.0. The molecule has 1 atom stereocenters. The van der Waals surface area contributed by atoms with E-state index < -0.39 is 0 Å². The van der Waals surface area contributed by atoms with Gasteiger partial charge in [0.1, 0.15) is 5.37 Å². The lowest BCUT2D eigenvalue weighted by molar-refractivity contribution is -0.133. The molecule has 86 valence electrons. The topological polar surface area (TPSA) is 33.2 Å². The highest BCUT2D eigenvalue weighted by Gasteiger charge is 2.31. The van der Waals surface area contributed by atoms with Gasteiger partial charge in [-0.15, -0.1) is 11.8 Å². The minimum absolute atomic E-state index is 0.134. The van der Waals surface area contributed by atoms with Gasteiger partial charge in [0.15, 0.2) is 0 Å². The van der Waals surface area contributed by atoms with Crippen molar-refractivity contribution >= 4 is 17.7 Å². The number of rotatable bonds is 2. The van der Waals surface area contributed by atoms with E-state index in [9.17, 15) is 4.79 Å². The van der Waals surface area contributed by atoms with Gasteiger partial charge in [0.05, 0.1) is 0 Å². The van der Waals surface area contributed by atoms with Crippen LogP contribution in [0.5, 0.6) is 0 Å². The van der Waals surface area contributed by atoms with Crippen LogP contribution in [0, 0.1) is 0 Å². The first kappa shape index (κ1) is 11.5. The summed E-state index contributed by atoms with van der Waals surface area (Å²) in [5.41, 5.74) is 1.12. The van der Waals surface area contributed by atoms with E-state index in [1.165, 1.54) is 0 Å². The quantitative estimate of drug-likeness (QED) is 0.791. The zero-order valence-electron chi connectivity index (χ0n) is 9.59. The number of amides is 1. The largest absolute Gasteiger partial charge is 0.324 e. The molecule has 1 aromatic rings. The molecule has 16 heavy (non-hydrogen) atoms. The summed E-state index contributed by atoms with van der Waals surface area (Å²) in [6.07, 6.45) is 4.27. The van der Waals surface area contributed by atoms with Crippen molar-refractivity contribution in [3.8, 4) is 0 Å². The van der Waals surface area contributed by atoms with Gasteiger partial charge in [-0.25, -0.2) is 0 Å². The molecular formula is C12H16N2OS. The van der Waals surface area contributed by atoms with Gasteiger partial charge >= 0.3 is 0 Å². The molecule has 1 amide bonds. The van der Waals surface area contributed by atoms with Crippen LogP contribution in [0.25, 0.3) is 0 Å². The summed E-state index contributed by atoms with van der Waals surface area (Å²) in [5, 5.41) is 0.134. The molecule has 0 aromatic carbocycles. The van der Waals surface area contributed by atoms with Gasteiger partial charge in [0, 0.05) is 36.2 Å². The standard InChI is InChI=1S/C12H16N2OS/c1-9(2)14-11(15)5-7-16-12(14)10-4-3-6-13-8-10/h3-4,6,8-9,12H,5,7H2,1-2H3. The number of nitrogens with zero attached hydrogens (tertiary/aromatic N) is 2. The fourth-order valence-electron chi connectivity index (χ4n) is 1.94. The van der Waals surface area contributed by atoms with Gasteiger partial charge < -0.3 is 4.90 Å². The van der Waals surface area contributed by atoms with Crippen LogP contribution in [0.15, 0.2) is 24.5 Å². The Balaban J connectivity index is 2.27. The molecule has 0 spiro atoms. The van der Waals surface area contributed by atoms with Crippen LogP contribution >= 0.6 is 11.8 Å². The normalized spacial score (nSPS) is 21.6. The predicted molar refractivity (Wildman–Crippen MR) is 66.0 cm³/mol. The van der Waals surface area contributed by atoms with Crippen LogP contribution in [0.2, 0.25) is 0 Å². The number of hydrogen-bond donors (Lipinski definition) is 0. The fraction of sp³-hybridized carbons (Fsp3) is 0.500. The molecule has 1 unspecified atom stereocenters. The molecule has 0 radical (unpaired) electrons. The van der Waals surface area contributed by atoms with E-state index in [1.54, 1.807) is 6.20 Å². The molecule has 1 aliphatic heterocycles. The minimum Gasteiger partial charge on any atom is -0.324 e. The molecule has 1 aliphatic rings. The molecule has 0 saturated carbocycles. The molecule has 1 aromatic heterocycles. The second-order valence-corrected chi connectivity index (χ2v) is 5.34. The Morgan fingerprint density at radius 1 is 1.56 bits per heavy atom. The second kappa shape index (κ2) is 4.87. The van der Waals surface area contributed by atoms with Crippen molar-refractivity contribution in [2.24, 2.45) is 0 Å². The molecule has 1 fully saturated rings. The molecular weight excluding hydrogens is 220 g/mol. The van der Waals surface area contributed by atoms with E-state index in [-0.39, 0.29) is 17.3 Å². The summed E-state index contributed by atoms with van der Waals surface area (Å²) < 4.78 is 0. The lowest BCUT2D eigenvalue weighted by Gasteiger charge is -2.38. The Bertz CT molecular complexity index is 367. The highest BCUT2D eigenvalue weighted by molar-refractivity contribution is 7.99. The van der Waals surface area contributed by atoms with E-state index in [0.29, 0.717) is 6.42 Å². The van der Waals surface area contributed by atoms with Crippen molar-refractivity contribution < 1.29 is 4.79 Å². The monoisotopic (exact) mass is 236 g/mol. The van der Waals surface area contributed by atoms with Crippen molar-refractivity contribution in [1.82, 2.24) is 9.88 Å². The van der Waals surface area contributed by atoms with E-state index in [0.717, 1.165) is 11.3 Å². The predicted octanol–water partition coefficient (Wildman–Crippen LogP) is 2.45. The van der Waals surface area contributed by atoms with Crippen LogP contribution in [0.4, 0.5) is 0 Å². The maximum absolute atomic E-state index is 11.9. The fourth-order valence-corrected chi connectivity index (χ4v) is 3.30. The van der Waals surface area contributed by atoms with Gasteiger partial charge in [-0.3, -0.25) is 9.78 Å². The van der Waals surface area contributed by atoms with Gasteiger partial charge in [0.2, 0.25) is 5.91 Å². The molecule has 0 N–H and O–H groups in total. The smallest absolute Gasteiger partial charge is 0.224 e. The Morgan fingerprint density at radius 3 is 3.00 bits per heavy atom. The third kappa shape index (κ3) is 2.21. The van der Waals surface area contributed by atoms with Gasteiger partial charge in [-0.1, -0.05) is 6.07 Å². The molecule has 3 nitrogen and oxygen atoms in total. The average molecular weight is 236 g/mol. The lowest BCUT2D eigenvalue weighted by atomic mass is 10.2. The van der Waals surface area contributed by atoms with Gasteiger partial charge in [-0.2, -0.15) is 0 Å². The maximum atomic E-state index is 11.9. The van der Waals surface area contributed by atoms with Crippen molar-refractivity contribution in [3.63, 3.8) is 0 Å². The first-order chi connectivity index (χ1) is 7.70. The van der Waals surface area contributed by atoms with Crippen molar-refractivity contribution in [1.29, 1.82) is 0 Å². The second-order valence-electron chi connectivity index (χ2n) is 4.15.